The van der Waals surface area contributed by atoms with Crippen molar-refractivity contribution in [3.8, 4) is 28.3 Å². The van der Waals surface area contributed by atoms with Gasteiger partial charge in [-0.15, -0.1) is 0 Å². The molecule has 0 saturated carbocycles. The second-order valence-corrected chi connectivity index (χ2v) is 12.5. The second-order valence-electron chi connectivity index (χ2n) is 12.5. The van der Waals surface area contributed by atoms with Crippen LogP contribution in [0.3, 0.4) is 0 Å². The minimum absolute atomic E-state index is 0.640. The molecule has 5 nitrogen and oxygen atoms in total. The van der Waals surface area contributed by atoms with Gasteiger partial charge in [0.15, 0.2) is 5.82 Å². The van der Waals surface area contributed by atoms with Crippen molar-refractivity contribution in [3.63, 3.8) is 0 Å². The molecule has 0 spiro atoms. The molecule has 0 saturated heterocycles. The first kappa shape index (κ1) is 26.4. The summed E-state index contributed by atoms with van der Waals surface area (Å²) in [4.78, 5) is 10.2. The third-order valence-corrected chi connectivity index (χ3v) is 9.81. The smallest absolute Gasteiger partial charge is 0.164 e. The van der Waals surface area contributed by atoms with E-state index in [1.165, 1.54) is 0 Å². The molecular weight excluding hydrogens is 603 g/mol. The lowest BCUT2D eigenvalue weighted by Gasteiger charge is -2.09. The first-order chi connectivity index (χ1) is 24.3. The molecule has 0 N–H and O–H groups in total. The fourth-order valence-corrected chi connectivity index (χ4v) is 7.63. The van der Waals surface area contributed by atoms with E-state index in [0.717, 1.165) is 99.1 Å². The lowest BCUT2D eigenvalue weighted by Crippen LogP contribution is -1.95. The molecule has 228 valence electrons. The normalized spacial score (nSPS) is 12.1. The molecule has 11 aromatic rings. The number of rotatable bonds is 3. The van der Waals surface area contributed by atoms with E-state index in [4.69, 9.17) is 18.8 Å². The Morgan fingerprint density at radius 1 is 0.449 bits per heavy atom. The molecule has 4 heterocycles. The van der Waals surface area contributed by atoms with Crippen LogP contribution in [0.25, 0.3) is 105 Å². The maximum absolute atomic E-state index is 6.97. The minimum Gasteiger partial charge on any atom is -0.456 e. The Balaban J connectivity index is 1.18. The van der Waals surface area contributed by atoms with E-state index in [1.54, 1.807) is 0 Å². The molecule has 49 heavy (non-hydrogen) atoms. The third kappa shape index (κ3) is 3.75. The Morgan fingerprint density at radius 2 is 1.18 bits per heavy atom. The van der Waals surface area contributed by atoms with Crippen molar-refractivity contribution in [2.24, 2.45) is 0 Å². The zero-order chi connectivity index (χ0) is 32.1. The fraction of sp³-hybridized carbons (Fsp3) is 0. The highest BCUT2D eigenvalue weighted by Crippen LogP contribution is 2.43. The van der Waals surface area contributed by atoms with Crippen LogP contribution in [0.2, 0.25) is 0 Å². The first-order valence-electron chi connectivity index (χ1n) is 16.4. The van der Waals surface area contributed by atoms with Crippen LogP contribution in [0.4, 0.5) is 0 Å². The average molecular weight is 628 g/mol. The van der Waals surface area contributed by atoms with Gasteiger partial charge in [0.05, 0.1) is 33.2 Å². The predicted octanol–water partition coefficient (Wildman–Crippen LogP) is 11.9. The molecule has 0 amide bonds. The lowest BCUT2D eigenvalue weighted by atomic mass is 10.0. The first-order valence-corrected chi connectivity index (χ1v) is 16.4. The topological polar surface area (TPSA) is 57.0 Å². The largest absolute Gasteiger partial charge is 0.456 e. The Hall–Kier alpha value is -6.72. The van der Waals surface area contributed by atoms with Gasteiger partial charge >= 0.3 is 0 Å². The van der Waals surface area contributed by atoms with Crippen molar-refractivity contribution >= 4 is 76.6 Å². The summed E-state index contributed by atoms with van der Waals surface area (Å²) in [6.45, 7) is 0. The molecule has 11 rings (SSSR count). The summed E-state index contributed by atoms with van der Waals surface area (Å²) in [6, 6.07) is 52.4. The van der Waals surface area contributed by atoms with E-state index < -0.39 is 0 Å². The van der Waals surface area contributed by atoms with Crippen LogP contribution in [0, 0.1) is 0 Å². The van der Waals surface area contributed by atoms with Crippen LogP contribution in [0.1, 0.15) is 0 Å². The summed E-state index contributed by atoms with van der Waals surface area (Å²) in [5.41, 5.74) is 10.4. The van der Waals surface area contributed by atoms with Crippen molar-refractivity contribution < 1.29 is 8.83 Å². The van der Waals surface area contributed by atoms with Gasteiger partial charge < -0.3 is 13.4 Å². The summed E-state index contributed by atoms with van der Waals surface area (Å²) < 4.78 is 15.5. The van der Waals surface area contributed by atoms with Crippen molar-refractivity contribution in [2.75, 3.05) is 0 Å². The maximum atomic E-state index is 6.97. The van der Waals surface area contributed by atoms with Crippen LogP contribution in [-0.4, -0.2) is 14.5 Å². The molecule has 4 aromatic heterocycles. The summed E-state index contributed by atoms with van der Waals surface area (Å²) in [6.07, 6.45) is 0. The number of hydrogen-bond donors (Lipinski definition) is 0. The molecule has 0 aliphatic rings. The monoisotopic (exact) mass is 627 g/mol. The number of aromatic nitrogens is 3. The summed E-state index contributed by atoms with van der Waals surface area (Å²) in [5.74, 6) is 0.640. The van der Waals surface area contributed by atoms with Gasteiger partial charge in [0, 0.05) is 43.6 Å². The van der Waals surface area contributed by atoms with Crippen LogP contribution in [0.5, 0.6) is 0 Å². The maximum Gasteiger partial charge on any atom is 0.164 e. The van der Waals surface area contributed by atoms with E-state index in [9.17, 15) is 0 Å². The fourth-order valence-electron chi connectivity index (χ4n) is 7.63. The van der Waals surface area contributed by atoms with E-state index in [1.807, 2.05) is 48.5 Å². The second kappa shape index (κ2) is 9.89. The van der Waals surface area contributed by atoms with Gasteiger partial charge in [0.1, 0.15) is 22.3 Å². The Labute approximate surface area is 279 Å². The van der Waals surface area contributed by atoms with Gasteiger partial charge in [-0.2, -0.15) is 0 Å². The van der Waals surface area contributed by atoms with Gasteiger partial charge in [0.2, 0.25) is 0 Å². The quantitative estimate of drug-likeness (QED) is 0.196. The SMILES string of the molecule is c1ccc(-c2nc(-c3cccc4c3oc3c4ccc4c3c3ccccc3n4-c3ccc4oc5ccccc5c4c3)nc3ccccc23)cc1. The van der Waals surface area contributed by atoms with Crippen LogP contribution in [0.15, 0.2) is 160 Å². The molecule has 7 aromatic carbocycles. The van der Waals surface area contributed by atoms with Crippen molar-refractivity contribution in [1.82, 2.24) is 14.5 Å². The number of hydrogen-bond acceptors (Lipinski definition) is 4. The number of fused-ring (bicyclic) bond motifs is 11. The molecule has 0 aliphatic carbocycles. The molecule has 0 aliphatic heterocycles. The van der Waals surface area contributed by atoms with Crippen LogP contribution in [-0.2, 0) is 0 Å². The molecule has 5 heteroatoms. The lowest BCUT2D eigenvalue weighted by molar-refractivity contribution is 0.669. The Morgan fingerprint density at radius 3 is 2.10 bits per heavy atom. The van der Waals surface area contributed by atoms with Gasteiger partial charge in [-0.25, -0.2) is 9.97 Å². The van der Waals surface area contributed by atoms with E-state index >= 15 is 0 Å². The van der Waals surface area contributed by atoms with E-state index in [-0.39, 0.29) is 0 Å². The van der Waals surface area contributed by atoms with E-state index in [0.29, 0.717) is 5.82 Å². The number of furan rings is 2. The van der Waals surface area contributed by atoms with Crippen LogP contribution < -0.4 is 0 Å². The highest BCUT2D eigenvalue weighted by molar-refractivity contribution is 6.24. The van der Waals surface area contributed by atoms with Crippen molar-refractivity contribution in [2.45, 2.75) is 0 Å². The third-order valence-electron chi connectivity index (χ3n) is 9.81. The Kier molecular flexibility index (Phi) is 5.32. The summed E-state index contributed by atoms with van der Waals surface area (Å²) >= 11 is 0. The molecule has 0 bridgehead atoms. The van der Waals surface area contributed by atoms with Crippen molar-refractivity contribution in [1.29, 1.82) is 0 Å². The molecule has 0 fully saturated rings. The molecule has 0 unspecified atom stereocenters. The summed E-state index contributed by atoms with van der Waals surface area (Å²) in [7, 11) is 0. The Bertz CT molecular complexity index is 3110. The van der Waals surface area contributed by atoms with Crippen molar-refractivity contribution in [3.05, 3.63) is 152 Å². The standard InChI is InChI=1S/C44H25N3O2/c1-2-11-26(12-3-1)41-31-14-4-7-18-35(31)45-44(46-41)33-17-10-16-29-30-22-23-37-40(43(30)49-42(29)33)32-15-5-8-19-36(32)47(37)27-21-24-39-34(25-27)28-13-6-9-20-38(28)48-39/h1-25H. The highest BCUT2D eigenvalue weighted by Gasteiger charge is 2.22. The van der Waals surface area contributed by atoms with Gasteiger partial charge in [-0.1, -0.05) is 97.1 Å². The summed E-state index contributed by atoms with van der Waals surface area (Å²) in [5, 5.41) is 7.54. The molecule has 0 atom stereocenters. The average Bonchev–Trinajstić information content (AvgIpc) is 3.84. The highest BCUT2D eigenvalue weighted by atomic mass is 16.3. The van der Waals surface area contributed by atoms with Gasteiger partial charge in [0.25, 0.3) is 0 Å². The van der Waals surface area contributed by atoms with Crippen LogP contribution >= 0.6 is 0 Å². The molecule has 0 radical (unpaired) electrons. The number of para-hydroxylation sites is 4. The van der Waals surface area contributed by atoms with Gasteiger partial charge in [-0.05, 0) is 54.6 Å². The predicted molar refractivity (Wildman–Crippen MR) is 199 cm³/mol. The minimum atomic E-state index is 0.640. The number of nitrogens with zero attached hydrogens (tertiary/aromatic N) is 3. The molecular formula is C44H25N3O2. The zero-order valence-electron chi connectivity index (χ0n) is 26.1. The van der Waals surface area contributed by atoms with Gasteiger partial charge in [-0.3, -0.25) is 0 Å². The van der Waals surface area contributed by atoms with E-state index in [2.05, 4.69) is 108 Å². The number of benzene rings is 7. The zero-order valence-corrected chi connectivity index (χ0v) is 26.1.